The number of phenolic OH excluding ortho intramolecular Hbond substituents is 1. The predicted molar refractivity (Wildman–Crippen MR) is 42.6 cm³/mol. The number of halogens is 4. The van der Waals surface area contributed by atoms with E-state index in [9.17, 15) is 18.0 Å². The molecule has 0 unspecified atom stereocenters. The summed E-state index contributed by atoms with van der Waals surface area (Å²) in [5.41, 5.74) is -1.15. The van der Waals surface area contributed by atoms with Gasteiger partial charge in [0.05, 0.1) is 4.47 Å². The molecule has 0 bridgehead atoms. The minimum Gasteiger partial charge on any atom is -0.504 e. The lowest BCUT2D eigenvalue weighted by Crippen LogP contribution is -2.06. The smallest absolute Gasteiger partial charge is 0.340 e. The second-order valence-electron chi connectivity index (χ2n) is 2.28. The molecule has 0 fully saturated rings. The average Bonchev–Trinajstić information content (AvgIpc) is 2.11. The van der Waals surface area contributed by atoms with E-state index in [0.717, 1.165) is 0 Å². The van der Waals surface area contributed by atoms with E-state index in [2.05, 4.69) is 15.9 Å². The molecule has 3 nitrogen and oxygen atoms in total. The SMILES string of the molecule is O=C(O)c1c(F)c(F)c(F)c(O)c1Br. The van der Waals surface area contributed by atoms with Crippen LogP contribution in [0.15, 0.2) is 4.47 Å². The highest BCUT2D eigenvalue weighted by molar-refractivity contribution is 9.10. The van der Waals surface area contributed by atoms with Crippen LogP contribution in [0.4, 0.5) is 13.2 Å². The van der Waals surface area contributed by atoms with Crippen LogP contribution < -0.4 is 0 Å². The zero-order chi connectivity index (χ0) is 11.0. The van der Waals surface area contributed by atoms with Crippen LogP contribution >= 0.6 is 15.9 Å². The fourth-order valence-electron chi connectivity index (χ4n) is 0.809. The molecule has 0 saturated carbocycles. The molecule has 0 aliphatic rings. The summed E-state index contributed by atoms with van der Waals surface area (Å²) in [5, 5.41) is 17.3. The van der Waals surface area contributed by atoms with Gasteiger partial charge in [0, 0.05) is 0 Å². The largest absolute Gasteiger partial charge is 0.504 e. The zero-order valence-electron chi connectivity index (χ0n) is 6.31. The number of phenols is 1. The van der Waals surface area contributed by atoms with Gasteiger partial charge in [-0.05, 0) is 15.9 Å². The first-order valence-corrected chi connectivity index (χ1v) is 3.95. The van der Waals surface area contributed by atoms with Crippen molar-refractivity contribution in [1.29, 1.82) is 0 Å². The molecule has 2 N–H and O–H groups in total. The molecule has 14 heavy (non-hydrogen) atoms. The van der Waals surface area contributed by atoms with Gasteiger partial charge in [-0.15, -0.1) is 0 Å². The number of carboxylic acids is 1. The third-order valence-electron chi connectivity index (χ3n) is 1.45. The zero-order valence-corrected chi connectivity index (χ0v) is 7.90. The van der Waals surface area contributed by atoms with Gasteiger partial charge in [-0.25, -0.2) is 13.6 Å². The standard InChI is InChI=1S/C7H2BrF3O3/c8-2-1(7(13)14)3(9)4(10)5(11)6(2)12/h12H,(H,13,14). The average molecular weight is 271 g/mol. The quantitative estimate of drug-likeness (QED) is 0.608. The number of aromatic carboxylic acids is 1. The summed E-state index contributed by atoms with van der Waals surface area (Å²) in [6, 6.07) is 0. The lowest BCUT2D eigenvalue weighted by Gasteiger charge is -2.05. The number of carbonyl (C=O) groups is 1. The number of rotatable bonds is 1. The molecule has 76 valence electrons. The van der Waals surface area contributed by atoms with E-state index in [0.29, 0.717) is 0 Å². The van der Waals surface area contributed by atoms with E-state index in [4.69, 9.17) is 10.2 Å². The van der Waals surface area contributed by atoms with Crippen molar-refractivity contribution in [3.63, 3.8) is 0 Å². The van der Waals surface area contributed by atoms with Gasteiger partial charge in [-0.1, -0.05) is 0 Å². The van der Waals surface area contributed by atoms with Gasteiger partial charge in [0.1, 0.15) is 5.56 Å². The summed E-state index contributed by atoms with van der Waals surface area (Å²) < 4.78 is 37.3. The van der Waals surface area contributed by atoms with Gasteiger partial charge >= 0.3 is 5.97 Å². The van der Waals surface area contributed by atoms with E-state index >= 15 is 0 Å². The Labute approximate surface area is 83.9 Å². The molecule has 0 saturated heterocycles. The van der Waals surface area contributed by atoms with E-state index < -0.39 is 39.2 Å². The van der Waals surface area contributed by atoms with Crippen LogP contribution in [-0.2, 0) is 0 Å². The molecule has 1 aromatic rings. The van der Waals surface area contributed by atoms with Gasteiger partial charge in [0.2, 0.25) is 5.82 Å². The molecule has 0 aromatic heterocycles. The first-order chi connectivity index (χ1) is 6.37. The Morgan fingerprint density at radius 1 is 1.14 bits per heavy atom. The Kier molecular flexibility index (Phi) is 2.70. The van der Waals surface area contributed by atoms with Gasteiger partial charge in [-0.2, -0.15) is 4.39 Å². The normalized spacial score (nSPS) is 10.3. The maximum Gasteiger partial charge on any atom is 0.340 e. The summed E-state index contributed by atoms with van der Waals surface area (Å²) in [7, 11) is 0. The third kappa shape index (κ3) is 1.43. The second kappa shape index (κ2) is 3.49. The maximum atomic E-state index is 12.8. The van der Waals surface area contributed by atoms with E-state index in [-0.39, 0.29) is 0 Å². The van der Waals surface area contributed by atoms with Crippen molar-refractivity contribution in [2.75, 3.05) is 0 Å². The first-order valence-electron chi connectivity index (χ1n) is 3.16. The van der Waals surface area contributed by atoms with Crippen molar-refractivity contribution >= 4 is 21.9 Å². The number of benzene rings is 1. The van der Waals surface area contributed by atoms with Crippen LogP contribution in [0.5, 0.6) is 5.75 Å². The van der Waals surface area contributed by atoms with Crippen molar-refractivity contribution in [3.8, 4) is 5.75 Å². The Balaban J connectivity index is 3.68. The van der Waals surface area contributed by atoms with Gasteiger partial charge < -0.3 is 10.2 Å². The van der Waals surface area contributed by atoms with Crippen molar-refractivity contribution in [1.82, 2.24) is 0 Å². The Hall–Kier alpha value is -1.24. The molecule has 0 aliphatic heterocycles. The molecular weight excluding hydrogens is 269 g/mol. The monoisotopic (exact) mass is 270 g/mol. The highest BCUT2D eigenvalue weighted by Crippen LogP contribution is 2.34. The summed E-state index contributed by atoms with van der Waals surface area (Å²) >= 11 is 2.44. The predicted octanol–water partition coefficient (Wildman–Crippen LogP) is 2.27. The van der Waals surface area contributed by atoms with Crippen molar-refractivity contribution in [2.45, 2.75) is 0 Å². The minimum absolute atomic E-state index is 0.735. The van der Waals surface area contributed by atoms with Gasteiger partial charge in [-0.3, -0.25) is 0 Å². The molecule has 7 heteroatoms. The molecule has 0 amide bonds. The van der Waals surface area contributed by atoms with E-state index in [1.807, 2.05) is 0 Å². The molecule has 0 spiro atoms. The molecule has 0 aliphatic carbocycles. The van der Waals surface area contributed by atoms with Crippen molar-refractivity contribution < 1.29 is 28.2 Å². The minimum atomic E-state index is -2.02. The highest BCUT2D eigenvalue weighted by atomic mass is 79.9. The molecule has 1 rings (SSSR count). The summed E-state index contributed by atoms with van der Waals surface area (Å²) in [6.45, 7) is 0. The first kappa shape index (κ1) is 10.8. The van der Waals surface area contributed by atoms with Crippen LogP contribution in [0.2, 0.25) is 0 Å². The molecule has 0 radical (unpaired) electrons. The number of carboxylic acid groups (broad SMARTS) is 1. The van der Waals surface area contributed by atoms with Crippen LogP contribution in [0.1, 0.15) is 10.4 Å². The van der Waals surface area contributed by atoms with E-state index in [1.165, 1.54) is 0 Å². The maximum absolute atomic E-state index is 12.8. The van der Waals surface area contributed by atoms with Gasteiger partial charge in [0.15, 0.2) is 17.4 Å². The highest BCUT2D eigenvalue weighted by Gasteiger charge is 2.27. The van der Waals surface area contributed by atoms with Crippen molar-refractivity contribution in [3.05, 3.63) is 27.5 Å². The molecular formula is C7H2BrF3O3. The lowest BCUT2D eigenvalue weighted by molar-refractivity contribution is 0.0688. The Morgan fingerprint density at radius 3 is 2.07 bits per heavy atom. The number of hydrogen-bond acceptors (Lipinski definition) is 2. The van der Waals surface area contributed by atoms with Gasteiger partial charge in [0.25, 0.3) is 0 Å². The fourth-order valence-corrected chi connectivity index (χ4v) is 1.33. The second-order valence-corrected chi connectivity index (χ2v) is 3.08. The number of aromatic hydroxyl groups is 1. The molecule has 1 aromatic carbocycles. The van der Waals surface area contributed by atoms with Crippen LogP contribution in [0.3, 0.4) is 0 Å². The fraction of sp³-hybridized carbons (Fsp3) is 0. The molecule has 0 heterocycles. The van der Waals surface area contributed by atoms with Crippen LogP contribution in [0.25, 0.3) is 0 Å². The Morgan fingerprint density at radius 2 is 1.64 bits per heavy atom. The van der Waals surface area contributed by atoms with Crippen LogP contribution in [-0.4, -0.2) is 16.2 Å². The lowest BCUT2D eigenvalue weighted by atomic mass is 10.2. The van der Waals surface area contributed by atoms with E-state index in [1.54, 1.807) is 0 Å². The van der Waals surface area contributed by atoms with Crippen LogP contribution in [0, 0.1) is 17.5 Å². The summed E-state index contributed by atoms with van der Waals surface area (Å²) in [4.78, 5) is 10.4. The Bertz CT molecular complexity index is 390. The third-order valence-corrected chi connectivity index (χ3v) is 2.23. The number of hydrogen-bond donors (Lipinski definition) is 2. The van der Waals surface area contributed by atoms with Crippen molar-refractivity contribution in [2.24, 2.45) is 0 Å². The summed E-state index contributed by atoms with van der Waals surface area (Å²) in [5.74, 6) is -8.81. The topological polar surface area (TPSA) is 57.5 Å². The molecule has 0 atom stereocenters. The summed E-state index contributed by atoms with van der Waals surface area (Å²) in [6.07, 6.45) is 0.